The zero-order chi connectivity index (χ0) is 15.9. The van der Waals surface area contributed by atoms with E-state index in [0.717, 1.165) is 30.6 Å². The van der Waals surface area contributed by atoms with Gasteiger partial charge in [-0.2, -0.15) is 0 Å². The molecule has 1 saturated heterocycles. The number of hydrogen-bond donors (Lipinski definition) is 3. The number of piperidine rings is 1. The first-order valence-corrected chi connectivity index (χ1v) is 7.75. The minimum absolute atomic E-state index is 0.0622. The van der Waals surface area contributed by atoms with Crippen molar-refractivity contribution >= 4 is 17.6 Å². The monoisotopic (exact) mass is 304 g/mol. The van der Waals surface area contributed by atoms with Crippen molar-refractivity contribution in [1.29, 1.82) is 0 Å². The summed E-state index contributed by atoms with van der Waals surface area (Å²) >= 11 is 0. The van der Waals surface area contributed by atoms with E-state index in [4.69, 9.17) is 5.73 Å². The number of anilines is 1. The third-order valence-corrected chi connectivity index (χ3v) is 3.92. The summed E-state index contributed by atoms with van der Waals surface area (Å²) in [6.07, 6.45) is 1.86. The minimum Gasteiger partial charge on any atom is -0.371 e. The van der Waals surface area contributed by atoms with Crippen LogP contribution in [-0.2, 0) is 11.3 Å². The van der Waals surface area contributed by atoms with Gasteiger partial charge in [0.15, 0.2) is 0 Å². The molecule has 1 heterocycles. The molecule has 4 N–H and O–H groups in total. The van der Waals surface area contributed by atoms with Gasteiger partial charge in [0.1, 0.15) is 0 Å². The zero-order valence-electron chi connectivity index (χ0n) is 13.0. The van der Waals surface area contributed by atoms with Gasteiger partial charge in [-0.05, 0) is 37.5 Å². The fourth-order valence-electron chi connectivity index (χ4n) is 2.67. The third-order valence-electron chi connectivity index (χ3n) is 3.92. The number of amides is 3. The van der Waals surface area contributed by atoms with E-state index < -0.39 is 0 Å². The summed E-state index contributed by atoms with van der Waals surface area (Å²) in [6.45, 7) is 4.62. The van der Waals surface area contributed by atoms with E-state index in [9.17, 15) is 9.59 Å². The maximum atomic E-state index is 11.4. The summed E-state index contributed by atoms with van der Waals surface area (Å²) in [5, 5.41) is 5.49. The quantitative estimate of drug-likeness (QED) is 0.764. The maximum Gasteiger partial charge on any atom is 0.315 e. The maximum absolute atomic E-state index is 11.4. The molecule has 120 valence electrons. The van der Waals surface area contributed by atoms with Crippen LogP contribution >= 0.6 is 0 Å². The molecule has 1 aliphatic rings. The van der Waals surface area contributed by atoms with Crippen molar-refractivity contribution in [2.45, 2.75) is 26.3 Å². The highest BCUT2D eigenvalue weighted by Gasteiger charge is 2.23. The van der Waals surface area contributed by atoms with Gasteiger partial charge < -0.3 is 21.3 Å². The Balaban J connectivity index is 1.91. The van der Waals surface area contributed by atoms with E-state index in [1.807, 2.05) is 31.2 Å². The minimum atomic E-state index is -0.215. The molecule has 1 aromatic rings. The van der Waals surface area contributed by atoms with Crippen LogP contribution < -0.4 is 21.3 Å². The molecule has 0 spiro atoms. The molecular formula is C16H24N4O2. The first-order chi connectivity index (χ1) is 10.6. The van der Waals surface area contributed by atoms with Gasteiger partial charge in [-0.3, -0.25) is 4.79 Å². The Morgan fingerprint density at radius 2 is 2.00 bits per heavy atom. The van der Waals surface area contributed by atoms with E-state index in [2.05, 4.69) is 15.5 Å². The topological polar surface area (TPSA) is 87.5 Å². The van der Waals surface area contributed by atoms with Crippen LogP contribution in [0.4, 0.5) is 10.5 Å². The van der Waals surface area contributed by atoms with E-state index in [1.165, 1.54) is 0 Å². The van der Waals surface area contributed by atoms with Crippen LogP contribution in [0.5, 0.6) is 0 Å². The zero-order valence-corrected chi connectivity index (χ0v) is 13.0. The number of nitrogens with two attached hydrogens (primary N) is 1. The Morgan fingerprint density at radius 1 is 1.27 bits per heavy atom. The summed E-state index contributed by atoms with van der Waals surface area (Å²) in [5.74, 6) is -0.278. The molecule has 3 amide bonds. The second-order valence-electron chi connectivity index (χ2n) is 5.57. The molecule has 6 heteroatoms. The van der Waals surface area contributed by atoms with Crippen LogP contribution in [-0.4, -0.2) is 31.6 Å². The van der Waals surface area contributed by atoms with Crippen molar-refractivity contribution in [2.75, 3.05) is 24.5 Å². The average Bonchev–Trinajstić information content (AvgIpc) is 2.54. The van der Waals surface area contributed by atoms with Gasteiger partial charge in [-0.15, -0.1) is 0 Å². The molecule has 6 nitrogen and oxygen atoms in total. The van der Waals surface area contributed by atoms with E-state index in [1.54, 1.807) is 0 Å². The van der Waals surface area contributed by atoms with Crippen LogP contribution in [0.25, 0.3) is 0 Å². The van der Waals surface area contributed by atoms with Crippen LogP contribution in [0.15, 0.2) is 24.3 Å². The predicted molar refractivity (Wildman–Crippen MR) is 86.5 cm³/mol. The predicted octanol–water partition coefficient (Wildman–Crippen LogP) is 1.21. The normalized spacial score (nSPS) is 17.9. The number of hydrogen-bond acceptors (Lipinski definition) is 3. The van der Waals surface area contributed by atoms with Crippen molar-refractivity contribution < 1.29 is 9.59 Å². The molecule has 0 bridgehead atoms. The van der Waals surface area contributed by atoms with Gasteiger partial charge in [-0.25, -0.2) is 4.79 Å². The number of carbonyl (C=O) groups is 2. The van der Waals surface area contributed by atoms with Gasteiger partial charge in [0.2, 0.25) is 5.91 Å². The lowest BCUT2D eigenvalue weighted by molar-refractivity contribution is -0.122. The van der Waals surface area contributed by atoms with Gasteiger partial charge in [0.05, 0.1) is 5.92 Å². The van der Waals surface area contributed by atoms with Crippen LogP contribution in [0.2, 0.25) is 0 Å². The molecule has 0 saturated carbocycles. The number of nitrogens with one attached hydrogen (secondary N) is 2. The fraction of sp³-hybridized carbons (Fsp3) is 0.500. The average molecular weight is 304 g/mol. The summed E-state index contributed by atoms with van der Waals surface area (Å²) < 4.78 is 0. The Kier molecular flexibility index (Phi) is 5.63. The number of nitrogens with zero attached hydrogens (tertiary/aromatic N) is 1. The Labute approximate surface area is 131 Å². The molecular weight excluding hydrogens is 280 g/mol. The van der Waals surface area contributed by atoms with Crippen LogP contribution in [0.1, 0.15) is 25.3 Å². The van der Waals surface area contributed by atoms with Crippen molar-refractivity contribution in [3.8, 4) is 0 Å². The number of carbonyl (C=O) groups excluding carboxylic acids is 2. The molecule has 22 heavy (non-hydrogen) atoms. The Bertz CT molecular complexity index is 515. The molecule has 1 fully saturated rings. The molecule has 0 aromatic heterocycles. The largest absolute Gasteiger partial charge is 0.371 e. The first kappa shape index (κ1) is 16.1. The number of rotatable bonds is 5. The summed E-state index contributed by atoms with van der Waals surface area (Å²) in [5.41, 5.74) is 7.54. The second kappa shape index (κ2) is 7.68. The van der Waals surface area contributed by atoms with Gasteiger partial charge >= 0.3 is 6.03 Å². The summed E-state index contributed by atoms with van der Waals surface area (Å²) in [7, 11) is 0. The van der Waals surface area contributed by atoms with E-state index >= 15 is 0 Å². The fourth-order valence-corrected chi connectivity index (χ4v) is 2.67. The Morgan fingerprint density at radius 3 is 2.64 bits per heavy atom. The standard InChI is InChI=1S/C16H24N4O2/c1-2-18-16(22)19-10-12-5-7-14(8-6-12)20-9-3-4-13(11-20)15(17)21/h5-8,13H,2-4,9-11H2,1H3,(H2,17,21)(H2,18,19,22)/t13-/m0/s1. The SMILES string of the molecule is CCNC(=O)NCc1ccc(N2CCC[C@H](C(N)=O)C2)cc1. The van der Waals surface area contributed by atoms with Gasteiger partial charge in [-0.1, -0.05) is 12.1 Å². The van der Waals surface area contributed by atoms with Gasteiger partial charge in [0, 0.05) is 31.9 Å². The number of benzene rings is 1. The highest BCUT2D eigenvalue weighted by atomic mass is 16.2. The van der Waals surface area contributed by atoms with E-state index in [-0.39, 0.29) is 17.9 Å². The number of primary amides is 1. The lowest BCUT2D eigenvalue weighted by Gasteiger charge is -2.33. The van der Waals surface area contributed by atoms with E-state index in [0.29, 0.717) is 19.6 Å². The third kappa shape index (κ3) is 4.38. The lowest BCUT2D eigenvalue weighted by atomic mass is 9.97. The van der Waals surface area contributed by atoms with Crippen molar-refractivity contribution in [3.05, 3.63) is 29.8 Å². The molecule has 1 aliphatic heterocycles. The number of urea groups is 1. The van der Waals surface area contributed by atoms with Crippen LogP contribution in [0.3, 0.4) is 0 Å². The molecule has 0 radical (unpaired) electrons. The molecule has 2 rings (SSSR count). The molecule has 0 aliphatic carbocycles. The highest BCUT2D eigenvalue weighted by molar-refractivity contribution is 5.77. The smallest absolute Gasteiger partial charge is 0.315 e. The Hall–Kier alpha value is -2.24. The molecule has 0 unspecified atom stereocenters. The first-order valence-electron chi connectivity index (χ1n) is 7.75. The van der Waals surface area contributed by atoms with Crippen molar-refractivity contribution in [1.82, 2.24) is 10.6 Å². The van der Waals surface area contributed by atoms with Crippen LogP contribution in [0, 0.1) is 5.92 Å². The lowest BCUT2D eigenvalue weighted by Crippen LogP contribution is -2.41. The summed E-state index contributed by atoms with van der Waals surface area (Å²) in [6, 6.07) is 7.88. The van der Waals surface area contributed by atoms with Crippen molar-refractivity contribution in [2.24, 2.45) is 11.7 Å². The highest BCUT2D eigenvalue weighted by Crippen LogP contribution is 2.23. The van der Waals surface area contributed by atoms with Crippen molar-refractivity contribution in [3.63, 3.8) is 0 Å². The molecule has 1 aromatic carbocycles. The second-order valence-corrected chi connectivity index (χ2v) is 5.57. The summed E-state index contributed by atoms with van der Waals surface area (Å²) in [4.78, 5) is 24.9. The van der Waals surface area contributed by atoms with Gasteiger partial charge in [0.25, 0.3) is 0 Å². The molecule has 1 atom stereocenters.